The summed E-state index contributed by atoms with van der Waals surface area (Å²) in [5.74, 6) is -4.27. The SMILES string of the molecule is CC(C)(C)[C@H](c1cc(-c2cc(F)ccc2F)cn1Cc1ccccc1)N(CC[C@H](N)C(=O)N[C@H](CCC(=O)CBr)C(=O)NCCOCCOCCOCCOCCC(=O)O)C(=O)CO. The third kappa shape index (κ3) is 18.8. The lowest BCUT2D eigenvalue weighted by Crippen LogP contribution is -2.53. The van der Waals surface area contributed by atoms with Crippen LogP contribution in [-0.2, 0) is 49.5 Å². The topological polar surface area (TPSA) is 221 Å². The number of aromatic nitrogens is 1. The van der Waals surface area contributed by atoms with Gasteiger partial charge in [-0.1, -0.05) is 67.0 Å². The van der Waals surface area contributed by atoms with Crippen molar-refractivity contribution in [3.8, 4) is 11.1 Å². The van der Waals surface area contributed by atoms with Crippen molar-refractivity contribution in [2.45, 2.75) is 71.1 Å². The Kier molecular flexibility index (Phi) is 23.8. The predicted molar refractivity (Wildman–Crippen MR) is 237 cm³/mol. The number of alkyl halides is 1. The van der Waals surface area contributed by atoms with Crippen LogP contribution in [0.15, 0.2) is 60.8 Å². The van der Waals surface area contributed by atoms with Gasteiger partial charge in [0, 0.05) is 49.1 Å². The highest BCUT2D eigenvalue weighted by atomic mass is 79.9. The van der Waals surface area contributed by atoms with E-state index in [1.54, 1.807) is 12.3 Å². The Hall–Kier alpha value is -4.63. The second-order valence-corrected chi connectivity index (χ2v) is 16.5. The maximum absolute atomic E-state index is 15.1. The van der Waals surface area contributed by atoms with Crippen molar-refractivity contribution in [2.24, 2.45) is 11.1 Å². The molecule has 19 heteroatoms. The second-order valence-electron chi connectivity index (χ2n) is 16.0. The molecular weight excluding hydrogens is 904 g/mol. The molecule has 0 saturated carbocycles. The van der Waals surface area contributed by atoms with Gasteiger partial charge < -0.3 is 55.0 Å². The Morgan fingerprint density at radius 2 is 1.47 bits per heavy atom. The van der Waals surface area contributed by atoms with Gasteiger partial charge in [-0.3, -0.25) is 24.0 Å². The van der Waals surface area contributed by atoms with Crippen LogP contribution < -0.4 is 16.4 Å². The molecule has 1 heterocycles. The lowest BCUT2D eigenvalue weighted by atomic mass is 9.82. The number of nitrogens with two attached hydrogens (primary N) is 1. The Labute approximate surface area is 381 Å². The van der Waals surface area contributed by atoms with Gasteiger partial charge in [0.1, 0.15) is 30.1 Å². The minimum absolute atomic E-state index is 0.00613. The number of halogens is 3. The highest BCUT2D eigenvalue weighted by Crippen LogP contribution is 2.41. The van der Waals surface area contributed by atoms with Gasteiger partial charge in [0.15, 0.2) is 0 Å². The molecule has 0 bridgehead atoms. The molecule has 3 atom stereocenters. The Morgan fingerprint density at radius 1 is 0.844 bits per heavy atom. The summed E-state index contributed by atoms with van der Waals surface area (Å²) in [6.45, 7) is 7.11. The number of aliphatic carboxylic acids is 1. The number of hydrogen-bond acceptors (Lipinski definition) is 11. The number of nitrogens with zero attached hydrogens (tertiary/aromatic N) is 2. The van der Waals surface area contributed by atoms with E-state index < -0.39 is 65.5 Å². The average Bonchev–Trinajstić information content (AvgIpc) is 3.66. The van der Waals surface area contributed by atoms with Gasteiger partial charge in [0.2, 0.25) is 17.7 Å². The first kappa shape index (κ1) is 53.7. The van der Waals surface area contributed by atoms with Crippen LogP contribution in [0.25, 0.3) is 11.1 Å². The number of benzene rings is 2. The number of amides is 3. The molecule has 6 N–H and O–H groups in total. The molecule has 0 radical (unpaired) electrons. The van der Waals surface area contributed by atoms with Crippen molar-refractivity contribution < 1.29 is 61.9 Å². The van der Waals surface area contributed by atoms with Crippen LogP contribution in [0.2, 0.25) is 0 Å². The molecule has 354 valence electrons. The molecule has 2 aromatic carbocycles. The van der Waals surface area contributed by atoms with Gasteiger partial charge >= 0.3 is 5.97 Å². The maximum Gasteiger partial charge on any atom is 0.305 e. The summed E-state index contributed by atoms with van der Waals surface area (Å²) < 4.78 is 52.8. The predicted octanol–water partition coefficient (Wildman–Crippen LogP) is 3.99. The van der Waals surface area contributed by atoms with Crippen molar-refractivity contribution in [1.29, 1.82) is 0 Å². The molecule has 1 aromatic heterocycles. The fourth-order valence-corrected chi connectivity index (χ4v) is 7.00. The molecule has 3 rings (SSSR count). The van der Waals surface area contributed by atoms with Crippen LogP contribution in [0.5, 0.6) is 0 Å². The monoisotopic (exact) mass is 965 g/mol. The lowest BCUT2D eigenvalue weighted by molar-refractivity contribution is -0.140. The molecule has 0 fully saturated rings. The summed E-state index contributed by atoms with van der Waals surface area (Å²) in [4.78, 5) is 64.5. The molecule has 0 saturated heterocycles. The fraction of sp³-hybridized carbons (Fsp3) is 0.533. The van der Waals surface area contributed by atoms with Gasteiger partial charge in [-0.05, 0) is 48.1 Å². The number of carbonyl (C=O) groups is 5. The largest absolute Gasteiger partial charge is 0.481 e. The first-order chi connectivity index (χ1) is 30.5. The number of nitrogens with one attached hydrogen (secondary N) is 2. The molecular formula is C45H62BrF2N5O11. The molecule has 0 aliphatic rings. The van der Waals surface area contributed by atoms with Gasteiger partial charge in [-0.2, -0.15) is 0 Å². The third-order valence-corrected chi connectivity index (χ3v) is 10.5. The Morgan fingerprint density at radius 3 is 2.06 bits per heavy atom. The number of carboxylic acids is 1. The first-order valence-corrected chi connectivity index (χ1v) is 22.2. The summed E-state index contributed by atoms with van der Waals surface area (Å²) in [7, 11) is 0. The number of rotatable bonds is 31. The zero-order valence-electron chi connectivity index (χ0n) is 36.7. The van der Waals surface area contributed by atoms with Gasteiger partial charge in [-0.25, -0.2) is 8.78 Å². The fourth-order valence-electron chi connectivity index (χ4n) is 6.72. The zero-order valence-corrected chi connectivity index (χ0v) is 38.3. The minimum Gasteiger partial charge on any atom is -0.481 e. The highest BCUT2D eigenvalue weighted by Gasteiger charge is 2.38. The number of ether oxygens (including phenoxy) is 4. The molecule has 3 aromatic rings. The molecule has 0 unspecified atom stereocenters. The number of ketones is 1. The number of carbonyl (C=O) groups excluding carboxylic acids is 4. The number of aliphatic hydroxyl groups excluding tert-OH is 1. The third-order valence-electron chi connectivity index (χ3n) is 9.87. The van der Waals surface area contributed by atoms with E-state index >= 15 is 4.39 Å². The van der Waals surface area contributed by atoms with Crippen molar-refractivity contribution in [3.63, 3.8) is 0 Å². The van der Waals surface area contributed by atoms with Crippen molar-refractivity contribution >= 4 is 45.4 Å². The van der Waals surface area contributed by atoms with E-state index in [-0.39, 0.29) is 88.5 Å². The van der Waals surface area contributed by atoms with Crippen LogP contribution in [0.1, 0.15) is 63.8 Å². The van der Waals surface area contributed by atoms with Crippen LogP contribution in [-0.4, -0.2) is 139 Å². The molecule has 0 aliphatic carbocycles. The van der Waals surface area contributed by atoms with E-state index in [4.69, 9.17) is 29.8 Å². The molecule has 64 heavy (non-hydrogen) atoms. The van der Waals surface area contributed by atoms with E-state index in [0.717, 1.165) is 23.8 Å². The van der Waals surface area contributed by atoms with E-state index in [9.17, 15) is 33.5 Å². The summed E-state index contributed by atoms with van der Waals surface area (Å²) >= 11 is 3.12. The standard InChI is InChI=1S/C45H62BrF2N5O11/c1-45(2,3)42(39-25-32(35-26-33(47)9-11-36(35)48)29-52(39)28-31-7-5-4-6-8-31)53(40(56)30-54)16-13-37(49)43(59)51-38(12-10-34(55)27-46)44(60)50-15-18-62-20-22-64-24-23-63-21-19-61-17-14-41(57)58/h4-9,11,25-26,29,37-38,42,54H,10,12-24,27-28,30,49H2,1-3H3,(H,50,60)(H,51,59)(H,57,58)/t37-,38+,42-/m0/s1. The maximum atomic E-state index is 15.1. The normalized spacial score (nSPS) is 12.9. The van der Waals surface area contributed by atoms with Crippen molar-refractivity contribution in [3.05, 3.63) is 83.7 Å². The van der Waals surface area contributed by atoms with Crippen LogP contribution in [0, 0.1) is 17.0 Å². The smallest absolute Gasteiger partial charge is 0.305 e. The number of Topliss-reactive ketones (excluding diaryl/α,β-unsaturated/α-hetero) is 1. The molecule has 0 aliphatic heterocycles. The number of hydrogen-bond donors (Lipinski definition) is 5. The van der Waals surface area contributed by atoms with E-state index in [1.807, 2.05) is 55.7 Å². The van der Waals surface area contributed by atoms with Crippen LogP contribution in [0.4, 0.5) is 8.78 Å². The summed E-state index contributed by atoms with van der Waals surface area (Å²) in [6.07, 6.45) is 1.52. The van der Waals surface area contributed by atoms with E-state index in [1.165, 1.54) is 4.90 Å². The van der Waals surface area contributed by atoms with E-state index in [2.05, 4.69) is 26.6 Å². The zero-order chi connectivity index (χ0) is 47.1. The van der Waals surface area contributed by atoms with Crippen molar-refractivity contribution in [2.75, 3.05) is 77.9 Å². The van der Waals surface area contributed by atoms with Crippen LogP contribution in [0.3, 0.4) is 0 Å². The second kappa shape index (κ2) is 28.3. The van der Waals surface area contributed by atoms with Crippen LogP contribution >= 0.6 is 15.9 Å². The average molecular weight is 967 g/mol. The van der Waals surface area contributed by atoms with Gasteiger partial charge in [-0.15, -0.1) is 0 Å². The summed E-state index contributed by atoms with van der Waals surface area (Å²) in [6, 6.07) is 11.2. The number of aliphatic hydroxyl groups is 1. The minimum atomic E-state index is -1.23. The van der Waals surface area contributed by atoms with Gasteiger partial charge in [0.05, 0.1) is 76.7 Å². The first-order valence-electron chi connectivity index (χ1n) is 21.1. The Balaban J connectivity index is 1.65. The van der Waals surface area contributed by atoms with E-state index in [0.29, 0.717) is 37.6 Å². The quantitative estimate of drug-likeness (QED) is 0.0457. The summed E-state index contributed by atoms with van der Waals surface area (Å²) in [5.41, 5.74) is 7.58. The summed E-state index contributed by atoms with van der Waals surface area (Å²) in [5, 5.41) is 24.2. The number of carboxylic acid groups (broad SMARTS) is 1. The van der Waals surface area contributed by atoms with Crippen molar-refractivity contribution in [1.82, 2.24) is 20.1 Å². The Bertz CT molecular complexity index is 1930. The highest BCUT2D eigenvalue weighted by molar-refractivity contribution is 9.09. The molecule has 0 spiro atoms. The van der Waals surface area contributed by atoms with Gasteiger partial charge in [0.25, 0.3) is 0 Å². The molecule has 16 nitrogen and oxygen atoms in total. The molecule has 3 amide bonds. The lowest BCUT2D eigenvalue weighted by Gasteiger charge is -2.41.